The van der Waals surface area contributed by atoms with Crippen LogP contribution in [0.5, 0.6) is 0 Å². The van der Waals surface area contributed by atoms with Crippen molar-refractivity contribution in [3.05, 3.63) is 52.5 Å². The van der Waals surface area contributed by atoms with Gasteiger partial charge in [-0.2, -0.15) is 0 Å². The number of halogens is 1. The highest BCUT2D eigenvalue weighted by Crippen LogP contribution is 2.30. The first-order valence-electron chi connectivity index (χ1n) is 10.1. The Labute approximate surface area is 187 Å². The molecule has 0 atom stereocenters. The SMILES string of the molecule is CC1CCN(c2ccc(NS(=O)(=O)c3ccc(Br)cc3)cc2C(=O)NC(C)C)CC1. The fraction of sp³-hybridized carbons (Fsp3) is 0.409. The summed E-state index contributed by atoms with van der Waals surface area (Å²) in [5.74, 6) is 0.467. The number of benzene rings is 2. The fourth-order valence-corrected chi connectivity index (χ4v) is 4.79. The highest BCUT2D eigenvalue weighted by molar-refractivity contribution is 9.10. The van der Waals surface area contributed by atoms with Gasteiger partial charge < -0.3 is 10.2 Å². The smallest absolute Gasteiger partial charge is 0.261 e. The highest BCUT2D eigenvalue weighted by Gasteiger charge is 2.23. The Morgan fingerprint density at radius 2 is 1.73 bits per heavy atom. The van der Waals surface area contributed by atoms with Gasteiger partial charge in [-0.1, -0.05) is 22.9 Å². The van der Waals surface area contributed by atoms with E-state index in [1.807, 2.05) is 19.9 Å². The second kappa shape index (κ2) is 9.39. The van der Waals surface area contributed by atoms with Gasteiger partial charge in [0.1, 0.15) is 0 Å². The number of sulfonamides is 1. The normalized spacial score (nSPS) is 15.3. The lowest BCUT2D eigenvalue weighted by molar-refractivity contribution is 0.0943. The average Bonchev–Trinajstić information content (AvgIpc) is 2.68. The van der Waals surface area contributed by atoms with Gasteiger partial charge in [0.2, 0.25) is 0 Å². The van der Waals surface area contributed by atoms with Crippen molar-refractivity contribution in [3.63, 3.8) is 0 Å². The molecular formula is C22H28BrN3O3S. The molecule has 1 heterocycles. The van der Waals surface area contributed by atoms with E-state index in [2.05, 4.69) is 37.8 Å². The molecule has 162 valence electrons. The maximum Gasteiger partial charge on any atom is 0.261 e. The number of amides is 1. The lowest BCUT2D eigenvalue weighted by Gasteiger charge is -2.33. The molecule has 30 heavy (non-hydrogen) atoms. The molecule has 0 radical (unpaired) electrons. The minimum Gasteiger partial charge on any atom is -0.371 e. The molecule has 2 aromatic carbocycles. The molecule has 1 amide bonds. The molecule has 1 aliphatic heterocycles. The van der Waals surface area contributed by atoms with Gasteiger partial charge >= 0.3 is 0 Å². The van der Waals surface area contributed by atoms with Gasteiger partial charge in [-0.15, -0.1) is 0 Å². The molecule has 3 rings (SSSR count). The van der Waals surface area contributed by atoms with E-state index in [4.69, 9.17) is 0 Å². The van der Waals surface area contributed by atoms with Crippen LogP contribution in [0.1, 0.15) is 44.0 Å². The van der Waals surface area contributed by atoms with E-state index >= 15 is 0 Å². The van der Waals surface area contributed by atoms with Gasteiger partial charge in [-0.25, -0.2) is 8.42 Å². The molecule has 0 saturated carbocycles. The molecule has 0 unspecified atom stereocenters. The third-order valence-electron chi connectivity index (χ3n) is 5.16. The number of piperidine rings is 1. The Morgan fingerprint density at radius 3 is 2.33 bits per heavy atom. The Morgan fingerprint density at radius 1 is 1.10 bits per heavy atom. The summed E-state index contributed by atoms with van der Waals surface area (Å²) in [5, 5.41) is 2.93. The van der Waals surface area contributed by atoms with Gasteiger partial charge in [0, 0.05) is 35.0 Å². The van der Waals surface area contributed by atoms with Crippen LogP contribution < -0.4 is 14.9 Å². The van der Waals surface area contributed by atoms with Crippen molar-refractivity contribution in [2.45, 2.75) is 44.6 Å². The monoisotopic (exact) mass is 493 g/mol. The number of hydrogen-bond donors (Lipinski definition) is 2. The van der Waals surface area contributed by atoms with Crippen LogP contribution in [-0.4, -0.2) is 33.5 Å². The predicted molar refractivity (Wildman–Crippen MR) is 125 cm³/mol. The van der Waals surface area contributed by atoms with E-state index in [1.54, 1.807) is 24.3 Å². The number of nitrogens with one attached hydrogen (secondary N) is 2. The van der Waals surface area contributed by atoms with Crippen molar-refractivity contribution in [2.75, 3.05) is 22.7 Å². The van der Waals surface area contributed by atoms with Crippen LogP contribution in [-0.2, 0) is 10.0 Å². The van der Waals surface area contributed by atoms with Gasteiger partial charge in [-0.3, -0.25) is 9.52 Å². The van der Waals surface area contributed by atoms with E-state index in [0.717, 1.165) is 36.1 Å². The standard InChI is InChI=1S/C22H28BrN3O3S/c1-15(2)24-22(27)20-14-18(6-9-21(20)26-12-10-16(3)11-13-26)25-30(28,29)19-7-4-17(23)5-8-19/h4-9,14-16,25H,10-13H2,1-3H3,(H,24,27). The number of hydrogen-bond acceptors (Lipinski definition) is 4. The van der Waals surface area contributed by atoms with Crippen molar-refractivity contribution in [1.82, 2.24) is 5.32 Å². The van der Waals surface area contributed by atoms with Gasteiger partial charge in [-0.05, 0) is 75.1 Å². The van der Waals surface area contributed by atoms with Crippen LogP contribution in [0.3, 0.4) is 0 Å². The third-order valence-corrected chi connectivity index (χ3v) is 7.09. The van der Waals surface area contributed by atoms with Crippen LogP contribution >= 0.6 is 15.9 Å². The van der Waals surface area contributed by atoms with E-state index in [1.165, 1.54) is 12.1 Å². The zero-order valence-electron chi connectivity index (χ0n) is 17.5. The first kappa shape index (κ1) is 22.6. The summed E-state index contributed by atoms with van der Waals surface area (Å²) in [6, 6.07) is 11.6. The summed E-state index contributed by atoms with van der Waals surface area (Å²) in [6.45, 7) is 7.81. The molecule has 0 aromatic heterocycles. The highest BCUT2D eigenvalue weighted by atomic mass is 79.9. The Balaban J connectivity index is 1.92. The molecule has 6 nitrogen and oxygen atoms in total. The number of carbonyl (C=O) groups is 1. The fourth-order valence-electron chi connectivity index (χ4n) is 3.47. The number of rotatable bonds is 6. The lowest BCUT2D eigenvalue weighted by atomic mass is 9.98. The second-order valence-corrected chi connectivity index (χ2v) is 10.7. The molecule has 0 bridgehead atoms. The molecule has 0 aliphatic carbocycles. The summed E-state index contributed by atoms with van der Waals surface area (Å²) in [5.41, 5.74) is 1.68. The summed E-state index contributed by atoms with van der Waals surface area (Å²) in [6.07, 6.45) is 2.15. The van der Waals surface area contributed by atoms with Crippen LogP contribution in [0.15, 0.2) is 51.8 Å². The van der Waals surface area contributed by atoms with Crippen molar-refractivity contribution in [1.29, 1.82) is 0 Å². The van der Waals surface area contributed by atoms with E-state index in [-0.39, 0.29) is 16.8 Å². The van der Waals surface area contributed by atoms with E-state index < -0.39 is 10.0 Å². The average molecular weight is 494 g/mol. The van der Waals surface area contributed by atoms with E-state index in [9.17, 15) is 13.2 Å². The van der Waals surface area contributed by atoms with E-state index in [0.29, 0.717) is 17.2 Å². The quantitative estimate of drug-likeness (QED) is 0.614. The summed E-state index contributed by atoms with van der Waals surface area (Å²) in [4.78, 5) is 15.3. The third kappa shape index (κ3) is 5.55. The first-order chi connectivity index (χ1) is 14.2. The molecule has 2 N–H and O–H groups in total. The van der Waals surface area contributed by atoms with Crippen molar-refractivity contribution < 1.29 is 13.2 Å². The molecule has 2 aromatic rings. The molecule has 0 spiro atoms. The van der Waals surface area contributed by atoms with Crippen molar-refractivity contribution in [3.8, 4) is 0 Å². The van der Waals surface area contributed by atoms with Crippen LogP contribution in [0.2, 0.25) is 0 Å². The molecule has 1 saturated heterocycles. The molecule has 8 heteroatoms. The summed E-state index contributed by atoms with van der Waals surface area (Å²) < 4.78 is 28.9. The Hall–Kier alpha value is -2.06. The topological polar surface area (TPSA) is 78.5 Å². The maximum absolute atomic E-state index is 12.9. The number of anilines is 2. The number of carbonyl (C=O) groups excluding carboxylic acids is 1. The van der Waals surface area contributed by atoms with Crippen molar-refractivity contribution in [2.24, 2.45) is 5.92 Å². The summed E-state index contributed by atoms with van der Waals surface area (Å²) >= 11 is 3.31. The van der Waals surface area contributed by atoms with Crippen LogP contribution in [0.4, 0.5) is 11.4 Å². The van der Waals surface area contributed by atoms with Gasteiger partial charge in [0.15, 0.2) is 0 Å². The first-order valence-corrected chi connectivity index (χ1v) is 12.4. The molecule has 1 aliphatic rings. The Kier molecular flexibility index (Phi) is 7.08. The maximum atomic E-state index is 12.9. The summed E-state index contributed by atoms with van der Waals surface area (Å²) in [7, 11) is -3.76. The lowest BCUT2D eigenvalue weighted by Crippen LogP contribution is -2.36. The van der Waals surface area contributed by atoms with Crippen LogP contribution in [0, 0.1) is 5.92 Å². The van der Waals surface area contributed by atoms with Crippen LogP contribution in [0.25, 0.3) is 0 Å². The minimum atomic E-state index is -3.76. The Bertz CT molecular complexity index is 999. The number of nitrogens with zero attached hydrogens (tertiary/aromatic N) is 1. The largest absolute Gasteiger partial charge is 0.371 e. The van der Waals surface area contributed by atoms with Crippen molar-refractivity contribution >= 4 is 43.2 Å². The second-order valence-electron chi connectivity index (χ2n) is 8.09. The zero-order chi connectivity index (χ0) is 21.9. The molecular weight excluding hydrogens is 466 g/mol. The predicted octanol–water partition coefficient (Wildman–Crippen LogP) is 4.62. The molecule has 1 fully saturated rings. The minimum absolute atomic E-state index is 0.0187. The van der Waals surface area contributed by atoms with Gasteiger partial charge in [0.25, 0.3) is 15.9 Å². The van der Waals surface area contributed by atoms with Gasteiger partial charge in [0.05, 0.1) is 10.5 Å². The zero-order valence-corrected chi connectivity index (χ0v) is 19.9.